The number of para-hydroxylation sites is 2. The summed E-state index contributed by atoms with van der Waals surface area (Å²) in [7, 11) is 0. The molecule has 1 heterocycles. The molecule has 1 amide bonds. The molecule has 26 heavy (non-hydrogen) atoms. The van der Waals surface area contributed by atoms with Crippen molar-refractivity contribution in [2.24, 2.45) is 0 Å². The van der Waals surface area contributed by atoms with Gasteiger partial charge in [-0.25, -0.2) is 0 Å². The Balaban J connectivity index is 1.81. The third-order valence-corrected chi connectivity index (χ3v) is 3.97. The molecule has 5 heteroatoms. The Morgan fingerprint density at radius 3 is 2.58 bits per heavy atom. The molecule has 0 aliphatic carbocycles. The molecule has 1 aromatic heterocycles. The number of aromatic nitrogens is 1. The van der Waals surface area contributed by atoms with Gasteiger partial charge in [-0.05, 0) is 42.3 Å². The highest BCUT2D eigenvalue weighted by Crippen LogP contribution is 2.21. The zero-order valence-corrected chi connectivity index (χ0v) is 14.4. The normalized spacial score (nSPS) is 10.0. The maximum atomic E-state index is 12.6. The lowest BCUT2D eigenvalue weighted by atomic mass is 10.1. The molecule has 0 atom stereocenters. The number of amides is 1. The summed E-state index contributed by atoms with van der Waals surface area (Å²) in [6.45, 7) is 2.04. The van der Waals surface area contributed by atoms with Gasteiger partial charge in [0.15, 0.2) is 0 Å². The highest BCUT2D eigenvalue weighted by molar-refractivity contribution is 6.03. The van der Waals surface area contributed by atoms with E-state index in [1.165, 1.54) is 0 Å². The van der Waals surface area contributed by atoms with Crippen molar-refractivity contribution in [1.29, 1.82) is 5.26 Å². The predicted octanol–water partition coefficient (Wildman–Crippen LogP) is 4.51. The van der Waals surface area contributed by atoms with E-state index in [0.717, 1.165) is 17.7 Å². The number of nitrogens with zero attached hydrogens (tertiary/aromatic N) is 2. The van der Waals surface area contributed by atoms with E-state index >= 15 is 0 Å². The number of aryl methyl sites for hydroxylation is 1. The molecule has 0 aliphatic rings. The average Bonchev–Trinajstić information content (AvgIpc) is 2.69. The Labute approximate surface area is 152 Å². The molecule has 3 aromatic rings. The molecule has 128 valence electrons. The van der Waals surface area contributed by atoms with Gasteiger partial charge in [0.1, 0.15) is 11.8 Å². The molecule has 0 fully saturated rings. The Kier molecular flexibility index (Phi) is 5.25. The maximum absolute atomic E-state index is 12.6. The number of hydrogen-bond acceptors (Lipinski definition) is 4. The van der Waals surface area contributed by atoms with Gasteiger partial charge in [-0.2, -0.15) is 5.26 Å². The lowest BCUT2D eigenvalue weighted by Crippen LogP contribution is -2.15. The standard InChI is InChI=1S/C21H18N4O/c1-2-15-7-3-5-9-18(15)25-21(26)20-13-17(11-12-23-20)24-19-10-6-4-8-16(19)14-22/h3-13H,2H2,1H3,(H,23,24)(H,25,26). The van der Waals surface area contributed by atoms with Crippen LogP contribution in [0, 0.1) is 11.3 Å². The van der Waals surface area contributed by atoms with Gasteiger partial charge in [-0.3, -0.25) is 9.78 Å². The summed E-state index contributed by atoms with van der Waals surface area (Å²) in [6.07, 6.45) is 2.40. The summed E-state index contributed by atoms with van der Waals surface area (Å²) >= 11 is 0. The van der Waals surface area contributed by atoms with Gasteiger partial charge in [0.2, 0.25) is 0 Å². The lowest BCUT2D eigenvalue weighted by Gasteiger charge is -2.11. The van der Waals surface area contributed by atoms with E-state index in [9.17, 15) is 10.1 Å². The van der Waals surface area contributed by atoms with Crippen molar-refractivity contribution in [2.45, 2.75) is 13.3 Å². The second kappa shape index (κ2) is 7.95. The van der Waals surface area contributed by atoms with Crippen molar-refractivity contribution in [3.05, 3.63) is 83.7 Å². The van der Waals surface area contributed by atoms with Crippen LogP contribution in [0.15, 0.2) is 66.9 Å². The van der Waals surface area contributed by atoms with Crippen molar-refractivity contribution < 1.29 is 4.79 Å². The number of carbonyl (C=O) groups is 1. The second-order valence-electron chi connectivity index (χ2n) is 5.68. The third kappa shape index (κ3) is 3.87. The zero-order chi connectivity index (χ0) is 18.4. The number of carbonyl (C=O) groups excluding carboxylic acids is 1. The van der Waals surface area contributed by atoms with Gasteiger partial charge in [0, 0.05) is 17.6 Å². The van der Waals surface area contributed by atoms with E-state index < -0.39 is 0 Å². The number of hydrogen-bond donors (Lipinski definition) is 2. The first-order valence-electron chi connectivity index (χ1n) is 8.32. The van der Waals surface area contributed by atoms with Crippen LogP contribution in [-0.2, 0) is 6.42 Å². The van der Waals surface area contributed by atoms with Crippen molar-refractivity contribution in [2.75, 3.05) is 10.6 Å². The number of nitriles is 1. The summed E-state index contributed by atoms with van der Waals surface area (Å²) in [5.74, 6) is -0.275. The third-order valence-electron chi connectivity index (χ3n) is 3.97. The Hall–Kier alpha value is -3.65. The van der Waals surface area contributed by atoms with Crippen LogP contribution >= 0.6 is 0 Å². The molecule has 0 unspecified atom stereocenters. The van der Waals surface area contributed by atoms with Crippen LogP contribution in [0.5, 0.6) is 0 Å². The molecule has 2 aromatic carbocycles. The molecule has 0 saturated heterocycles. The van der Waals surface area contributed by atoms with Crippen LogP contribution < -0.4 is 10.6 Å². The molecule has 3 rings (SSSR count). The quantitative estimate of drug-likeness (QED) is 0.715. The van der Waals surface area contributed by atoms with E-state index in [2.05, 4.69) is 21.7 Å². The van der Waals surface area contributed by atoms with Gasteiger partial charge >= 0.3 is 0 Å². The van der Waals surface area contributed by atoms with Gasteiger partial charge in [-0.15, -0.1) is 0 Å². The molecule has 0 radical (unpaired) electrons. The first kappa shape index (κ1) is 17.2. The first-order chi connectivity index (χ1) is 12.7. The number of rotatable bonds is 5. The number of benzene rings is 2. The number of nitrogens with one attached hydrogen (secondary N) is 2. The highest BCUT2D eigenvalue weighted by atomic mass is 16.1. The van der Waals surface area contributed by atoms with Crippen molar-refractivity contribution >= 4 is 23.0 Å². The fourth-order valence-electron chi connectivity index (χ4n) is 2.61. The lowest BCUT2D eigenvalue weighted by molar-refractivity contribution is 0.102. The van der Waals surface area contributed by atoms with Crippen molar-refractivity contribution in [1.82, 2.24) is 4.98 Å². The summed E-state index contributed by atoms with van der Waals surface area (Å²) in [4.78, 5) is 16.7. The molecule has 0 spiro atoms. The average molecular weight is 342 g/mol. The van der Waals surface area contributed by atoms with E-state index in [-0.39, 0.29) is 5.91 Å². The fraction of sp³-hybridized carbons (Fsp3) is 0.0952. The van der Waals surface area contributed by atoms with Crippen molar-refractivity contribution in [3.8, 4) is 6.07 Å². The predicted molar refractivity (Wildman–Crippen MR) is 102 cm³/mol. The molecule has 0 bridgehead atoms. The summed E-state index contributed by atoms with van der Waals surface area (Å²) in [5, 5.41) is 15.3. The number of pyridine rings is 1. The molecule has 2 N–H and O–H groups in total. The Bertz CT molecular complexity index is 975. The first-order valence-corrected chi connectivity index (χ1v) is 8.32. The second-order valence-corrected chi connectivity index (χ2v) is 5.68. The van der Waals surface area contributed by atoms with Crippen LogP contribution in [0.2, 0.25) is 0 Å². The minimum Gasteiger partial charge on any atom is -0.354 e. The SMILES string of the molecule is CCc1ccccc1NC(=O)c1cc(Nc2ccccc2C#N)ccn1. The molecule has 0 saturated carbocycles. The van der Waals surface area contributed by atoms with Gasteiger partial charge < -0.3 is 10.6 Å². The van der Waals surface area contributed by atoms with E-state index in [1.807, 2.05) is 43.3 Å². The number of anilines is 3. The van der Waals surface area contributed by atoms with Crippen LogP contribution in [0.25, 0.3) is 0 Å². The van der Waals surface area contributed by atoms with Crippen LogP contribution in [0.1, 0.15) is 28.5 Å². The monoisotopic (exact) mass is 342 g/mol. The minimum atomic E-state index is -0.275. The Morgan fingerprint density at radius 2 is 1.81 bits per heavy atom. The van der Waals surface area contributed by atoms with Crippen LogP contribution in [-0.4, -0.2) is 10.9 Å². The zero-order valence-electron chi connectivity index (χ0n) is 14.4. The molecule has 0 aliphatic heterocycles. The smallest absolute Gasteiger partial charge is 0.274 e. The van der Waals surface area contributed by atoms with E-state index in [0.29, 0.717) is 22.6 Å². The van der Waals surface area contributed by atoms with Gasteiger partial charge in [0.05, 0.1) is 11.3 Å². The topological polar surface area (TPSA) is 77.8 Å². The van der Waals surface area contributed by atoms with E-state index in [1.54, 1.807) is 30.5 Å². The summed E-state index contributed by atoms with van der Waals surface area (Å²) in [5.41, 5.74) is 4.07. The Morgan fingerprint density at radius 1 is 1.08 bits per heavy atom. The highest BCUT2D eigenvalue weighted by Gasteiger charge is 2.11. The van der Waals surface area contributed by atoms with Gasteiger partial charge in [-0.1, -0.05) is 37.3 Å². The minimum absolute atomic E-state index is 0.275. The largest absolute Gasteiger partial charge is 0.354 e. The maximum Gasteiger partial charge on any atom is 0.274 e. The van der Waals surface area contributed by atoms with Gasteiger partial charge in [0.25, 0.3) is 5.91 Å². The summed E-state index contributed by atoms with van der Waals surface area (Å²) in [6, 6.07) is 20.5. The van der Waals surface area contributed by atoms with E-state index in [4.69, 9.17) is 0 Å². The molecular weight excluding hydrogens is 324 g/mol. The molecule has 5 nitrogen and oxygen atoms in total. The van der Waals surface area contributed by atoms with Crippen LogP contribution in [0.4, 0.5) is 17.1 Å². The summed E-state index contributed by atoms with van der Waals surface area (Å²) < 4.78 is 0. The van der Waals surface area contributed by atoms with Crippen LogP contribution in [0.3, 0.4) is 0 Å². The fourth-order valence-corrected chi connectivity index (χ4v) is 2.61. The molecular formula is C21H18N4O. The van der Waals surface area contributed by atoms with Crippen molar-refractivity contribution in [3.63, 3.8) is 0 Å².